The van der Waals surface area contributed by atoms with Gasteiger partial charge in [-0.15, -0.1) is 0 Å². The maximum Gasteiger partial charge on any atom is 0.472 e. The van der Waals surface area contributed by atoms with E-state index in [1.54, 1.807) is 6.08 Å². The maximum absolute atomic E-state index is 12.8. The number of likely N-dealkylation sites (N-methyl/N-ethyl adjacent to an activating group) is 1. The van der Waals surface area contributed by atoms with Crippen LogP contribution in [0.1, 0.15) is 155 Å². The molecule has 0 saturated heterocycles. The van der Waals surface area contributed by atoms with Crippen molar-refractivity contribution in [1.82, 2.24) is 5.32 Å². The summed E-state index contributed by atoms with van der Waals surface area (Å²) in [6, 6.07) is -0.870. The zero-order valence-electron chi connectivity index (χ0n) is 38.6. The van der Waals surface area contributed by atoms with Gasteiger partial charge in [0.1, 0.15) is 13.2 Å². The third-order valence-corrected chi connectivity index (χ3v) is 10.4. The monoisotopic (exact) mass is 856 g/mol. The van der Waals surface area contributed by atoms with E-state index in [0.717, 1.165) is 96.3 Å². The Morgan fingerprint density at radius 3 is 1.52 bits per heavy atom. The van der Waals surface area contributed by atoms with Gasteiger partial charge >= 0.3 is 7.82 Å². The van der Waals surface area contributed by atoms with Gasteiger partial charge in [0, 0.05) is 6.42 Å². The molecule has 9 heteroatoms. The number of amides is 1. The number of hydrogen-bond donors (Lipinski definition) is 3. The number of nitrogens with one attached hydrogen (secondary N) is 1. The summed E-state index contributed by atoms with van der Waals surface area (Å²) in [7, 11) is 1.53. The minimum atomic E-state index is -4.34. The lowest BCUT2D eigenvalue weighted by atomic mass is 10.1. The van der Waals surface area contributed by atoms with Gasteiger partial charge in [-0.2, -0.15) is 0 Å². The zero-order chi connectivity index (χ0) is 44.3. The van der Waals surface area contributed by atoms with Crippen LogP contribution in [0.25, 0.3) is 0 Å². The molecule has 8 nitrogen and oxygen atoms in total. The summed E-state index contributed by atoms with van der Waals surface area (Å²) < 4.78 is 23.4. The standard InChI is InChI=1S/C51H87N2O6P/c1-6-8-10-12-14-15-16-17-18-19-20-21-22-23-24-25-26-27-28-29-30-31-32-33-34-35-36-37-39-41-43-45-51(55)52-49(50(54)44-42-40-38-13-11-9-7-2)48-59-60(56,57)58-47-46-53(3,4)5/h8,10-11,13-15,17-18,20-21,23-24,26-27,29-30,42,44,49-50,54H,6-7,9,12,16,19,22,25,28,31-41,43,45-48H2,1-5H3,(H-,52,55,56,57)/p+1/b10-8-,13-11+,15-14-,18-17-,21-20-,24-23-,27-26-,30-29-,44-42+. The van der Waals surface area contributed by atoms with Gasteiger partial charge in [0.15, 0.2) is 0 Å². The third-order valence-electron chi connectivity index (χ3n) is 9.46. The first-order valence-electron chi connectivity index (χ1n) is 23.3. The Hall–Kier alpha value is -2.84. The van der Waals surface area contributed by atoms with Crippen molar-refractivity contribution in [2.45, 2.75) is 167 Å². The summed E-state index contributed by atoms with van der Waals surface area (Å²) in [6.07, 6.45) is 60.6. The van der Waals surface area contributed by atoms with Crippen LogP contribution in [0.3, 0.4) is 0 Å². The lowest BCUT2D eigenvalue weighted by Gasteiger charge is -2.25. The molecule has 0 aromatic carbocycles. The summed E-state index contributed by atoms with van der Waals surface area (Å²) in [4.78, 5) is 23.0. The van der Waals surface area contributed by atoms with Crippen molar-refractivity contribution in [3.63, 3.8) is 0 Å². The SMILES string of the molecule is CC/C=C\C/C=C\C/C=C\C/C=C\C/C=C\C/C=C\C/C=C\CCCCCCCCCCCC(=O)NC(COP(=O)(O)OCC[N+](C)(C)C)C(O)/C=C/CC/C=C/CCC. The smallest absolute Gasteiger partial charge is 0.387 e. The molecule has 0 saturated carbocycles. The predicted octanol–water partition coefficient (Wildman–Crippen LogP) is 13.3. The molecule has 0 aromatic heterocycles. The Balaban J connectivity index is 4.11. The largest absolute Gasteiger partial charge is 0.472 e. The Morgan fingerprint density at radius 2 is 1.02 bits per heavy atom. The van der Waals surface area contributed by atoms with Crippen molar-refractivity contribution in [3.05, 3.63) is 109 Å². The van der Waals surface area contributed by atoms with Crippen LogP contribution in [0, 0.1) is 0 Å². The number of unbranched alkanes of at least 4 members (excludes halogenated alkanes) is 11. The van der Waals surface area contributed by atoms with Crippen molar-refractivity contribution in [2.24, 2.45) is 0 Å². The molecule has 1 amide bonds. The zero-order valence-corrected chi connectivity index (χ0v) is 39.5. The average molecular weight is 856 g/mol. The van der Waals surface area contributed by atoms with E-state index in [4.69, 9.17) is 9.05 Å². The first-order chi connectivity index (χ1) is 29.0. The molecule has 3 atom stereocenters. The van der Waals surface area contributed by atoms with E-state index in [2.05, 4.69) is 116 Å². The molecule has 0 rings (SSSR count). The van der Waals surface area contributed by atoms with Crippen LogP contribution in [-0.2, 0) is 18.4 Å². The summed E-state index contributed by atoms with van der Waals surface area (Å²) in [6.45, 7) is 4.53. The number of aliphatic hydroxyl groups excluding tert-OH is 1. The number of aliphatic hydroxyl groups is 1. The van der Waals surface area contributed by atoms with Crippen LogP contribution in [0.15, 0.2) is 109 Å². The Kier molecular flexibility index (Phi) is 39.5. The van der Waals surface area contributed by atoms with Gasteiger partial charge < -0.3 is 19.8 Å². The van der Waals surface area contributed by atoms with Crippen LogP contribution in [-0.4, -0.2) is 73.4 Å². The minimum Gasteiger partial charge on any atom is -0.387 e. The molecule has 0 aliphatic heterocycles. The lowest BCUT2D eigenvalue weighted by molar-refractivity contribution is -0.870. The molecule has 0 spiro atoms. The third kappa shape index (κ3) is 43.3. The number of carbonyl (C=O) groups is 1. The van der Waals surface area contributed by atoms with Crippen LogP contribution >= 0.6 is 7.82 Å². The summed E-state index contributed by atoms with van der Waals surface area (Å²) in [5.74, 6) is -0.205. The number of allylic oxidation sites excluding steroid dienone is 17. The Labute approximate surface area is 368 Å². The van der Waals surface area contributed by atoms with Gasteiger partial charge in [0.05, 0.1) is 39.9 Å². The second kappa shape index (κ2) is 41.5. The van der Waals surface area contributed by atoms with Gasteiger partial charge in [-0.25, -0.2) is 4.57 Å². The van der Waals surface area contributed by atoms with Crippen LogP contribution in [0.4, 0.5) is 0 Å². The molecule has 0 aliphatic rings. The fourth-order valence-electron chi connectivity index (χ4n) is 5.81. The molecule has 0 aliphatic carbocycles. The van der Waals surface area contributed by atoms with Gasteiger partial charge in [0.2, 0.25) is 5.91 Å². The fraction of sp³-hybridized carbons (Fsp3) is 0.627. The molecule has 3 unspecified atom stereocenters. The van der Waals surface area contributed by atoms with Crippen molar-refractivity contribution >= 4 is 13.7 Å². The topological polar surface area (TPSA) is 105 Å². The number of carbonyl (C=O) groups excluding carboxylic acids is 1. The highest BCUT2D eigenvalue weighted by Crippen LogP contribution is 2.43. The fourth-order valence-corrected chi connectivity index (χ4v) is 6.54. The first-order valence-corrected chi connectivity index (χ1v) is 24.8. The molecule has 0 heterocycles. The first kappa shape index (κ1) is 57.2. The highest BCUT2D eigenvalue weighted by molar-refractivity contribution is 7.47. The summed E-state index contributed by atoms with van der Waals surface area (Å²) in [5, 5.41) is 13.7. The Bertz CT molecular complexity index is 1340. The highest BCUT2D eigenvalue weighted by Gasteiger charge is 2.27. The van der Waals surface area contributed by atoms with Crippen molar-refractivity contribution in [3.8, 4) is 0 Å². The molecular formula is C51H88N2O6P+. The predicted molar refractivity (Wildman–Crippen MR) is 258 cm³/mol. The molecule has 0 fully saturated rings. The number of quaternary nitrogens is 1. The molecule has 3 N–H and O–H groups in total. The van der Waals surface area contributed by atoms with E-state index >= 15 is 0 Å². The molecule has 60 heavy (non-hydrogen) atoms. The van der Waals surface area contributed by atoms with Crippen molar-refractivity contribution < 1.29 is 32.9 Å². The normalized spacial score (nSPS) is 15.2. The number of phosphoric ester groups is 1. The minimum absolute atomic E-state index is 0.0484. The Morgan fingerprint density at radius 1 is 0.583 bits per heavy atom. The molecule has 0 aromatic rings. The summed E-state index contributed by atoms with van der Waals surface area (Å²) in [5.41, 5.74) is 0. The molecule has 342 valence electrons. The summed E-state index contributed by atoms with van der Waals surface area (Å²) >= 11 is 0. The number of hydrogen-bond acceptors (Lipinski definition) is 5. The molecule has 0 radical (unpaired) electrons. The van der Waals surface area contributed by atoms with Crippen LogP contribution < -0.4 is 5.32 Å². The van der Waals surface area contributed by atoms with E-state index in [1.807, 2.05) is 27.2 Å². The lowest BCUT2D eigenvalue weighted by Crippen LogP contribution is -2.45. The van der Waals surface area contributed by atoms with E-state index in [9.17, 15) is 19.4 Å². The second-order valence-corrected chi connectivity index (χ2v) is 17.8. The van der Waals surface area contributed by atoms with Gasteiger partial charge in [0.25, 0.3) is 0 Å². The van der Waals surface area contributed by atoms with Crippen LogP contribution in [0.2, 0.25) is 0 Å². The number of phosphoric acid groups is 1. The van der Waals surface area contributed by atoms with Crippen molar-refractivity contribution in [1.29, 1.82) is 0 Å². The van der Waals surface area contributed by atoms with Gasteiger partial charge in [-0.05, 0) is 83.5 Å². The number of rotatable bonds is 40. The number of nitrogens with zero attached hydrogens (tertiary/aromatic N) is 1. The average Bonchev–Trinajstić information content (AvgIpc) is 3.20. The van der Waals surface area contributed by atoms with Gasteiger partial charge in [-0.1, -0.05) is 175 Å². The molecule has 0 bridgehead atoms. The van der Waals surface area contributed by atoms with E-state index in [1.165, 1.54) is 38.5 Å². The maximum atomic E-state index is 12.8. The quantitative estimate of drug-likeness (QED) is 0.0245. The molecular weight excluding hydrogens is 768 g/mol. The second-order valence-electron chi connectivity index (χ2n) is 16.4. The van der Waals surface area contributed by atoms with Crippen LogP contribution in [0.5, 0.6) is 0 Å². The van der Waals surface area contributed by atoms with Crippen molar-refractivity contribution in [2.75, 3.05) is 40.9 Å². The highest BCUT2D eigenvalue weighted by atomic mass is 31.2. The van der Waals surface area contributed by atoms with E-state index in [-0.39, 0.29) is 19.1 Å². The van der Waals surface area contributed by atoms with E-state index < -0.39 is 20.0 Å². The van der Waals surface area contributed by atoms with E-state index in [0.29, 0.717) is 17.4 Å². The van der Waals surface area contributed by atoms with Gasteiger partial charge in [-0.3, -0.25) is 13.8 Å².